The summed E-state index contributed by atoms with van der Waals surface area (Å²) in [6.45, 7) is 5.15. The number of carbonyl (C=O) groups excluding carboxylic acids is 2. The molecule has 0 fully saturated rings. The van der Waals surface area contributed by atoms with Crippen molar-refractivity contribution in [3.63, 3.8) is 0 Å². The number of amides is 1. The third-order valence-corrected chi connectivity index (χ3v) is 6.31. The van der Waals surface area contributed by atoms with E-state index < -0.39 is 15.9 Å². The molecule has 146 valence electrons. The molecule has 0 unspecified atom stereocenters. The molecule has 1 heterocycles. The number of ketones is 1. The lowest BCUT2D eigenvalue weighted by Gasteiger charge is -2.16. The van der Waals surface area contributed by atoms with Crippen LogP contribution in [0.3, 0.4) is 0 Å². The van der Waals surface area contributed by atoms with Crippen LogP contribution < -0.4 is 5.32 Å². The molecule has 2 rings (SSSR count). The van der Waals surface area contributed by atoms with Crippen LogP contribution in [0, 0.1) is 5.92 Å². The highest BCUT2D eigenvalue weighted by Gasteiger charge is 2.23. The molecule has 8 nitrogen and oxygen atoms in total. The number of aromatic nitrogens is 2. The lowest BCUT2D eigenvalue weighted by atomic mass is 10.1. The Bertz CT molecular complexity index is 921. The molecule has 0 aliphatic heterocycles. The predicted molar refractivity (Wildman–Crippen MR) is 103 cm³/mol. The SMILES string of the molecule is CC(=O)c1ccc(S(=O)(=O)N(C)CC(=O)Nc2nnc(CC(C)C)s2)cc1. The molecule has 0 spiro atoms. The van der Waals surface area contributed by atoms with Gasteiger partial charge in [-0.3, -0.25) is 14.9 Å². The van der Waals surface area contributed by atoms with Gasteiger partial charge in [-0.25, -0.2) is 8.42 Å². The van der Waals surface area contributed by atoms with Gasteiger partial charge >= 0.3 is 0 Å². The molecule has 27 heavy (non-hydrogen) atoms. The Morgan fingerprint density at radius 2 is 1.81 bits per heavy atom. The number of rotatable bonds is 8. The van der Waals surface area contributed by atoms with Gasteiger partial charge in [0, 0.05) is 19.0 Å². The molecule has 1 aromatic heterocycles. The van der Waals surface area contributed by atoms with Gasteiger partial charge in [0.15, 0.2) is 5.78 Å². The Balaban J connectivity index is 2.02. The van der Waals surface area contributed by atoms with E-state index in [1.54, 1.807) is 0 Å². The first-order chi connectivity index (χ1) is 12.6. The van der Waals surface area contributed by atoms with E-state index in [1.807, 2.05) is 0 Å². The Morgan fingerprint density at radius 3 is 2.37 bits per heavy atom. The largest absolute Gasteiger partial charge is 0.299 e. The Morgan fingerprint density at radius 1 is 1.19 bits per heavy atom. The molecule has 1 aromatic carbocycles. The summed E-state index contributed by atoms with van der Waals surface area (Å²) in [7, 11) is -2.53. The van der Waals surface area contributed by atoms with Crippen molar-refractivity contribution in [2.24, 2.45) is 5.92 Å². The molecule has 1 amide bonds. The van der Waals surface area contributed by atoms with Crippen LogP contribution in [0.15, 0.2) is 29.2 Å². The van der Waals surface area contributed by atoms with Gasteiger partial charge in [0.05, 0.1) is 11.4 Å². The summed E-state index contributed by atoms with van der Waals surface area (Å²) in [5.41, 5.74) is 0.419. The van der Waals surface area contributed by atoms with Crippen LogP contribution in [0.5, 0.6) is 0 Å². The summed E-state index contributed by atoms with van der Waals surface area (Å²) < 4.78 is 26.1. The average Bonchev–Trinajstić information content (AvgIpc) is 3.00. The topological polar surface area (TPSA) is 109 Å². The zero-order valence-electron chi connectivity index (χ0n) is 15.6. The van der Waals surface area contributed by atoms with Crippen molar-refractivity contribution in [2.45, 2.75) is 32.1 Å². The minimum atomic E-state index is -3.85. The van der Waals surface area contributed by atoms with Crippen LogP contribution in [-0.4, -0.2) is 48.2 Å². The molecule has 0 aliphatic carbocycles. The number of hydrogen-bond donors (Lipinski definition) is 1. The second-order valence-corrected chi connectivity index (χ2v) is 9.60. The maximum absolute atomic E-state index is 12.6. The number of anilines is 1. The third-order valence-electron chi connectivity index (χ3n) is 3.63. The lowest BCUT2D eigenvalue weighted by molar-refractivity contribution is -0.116. The second kappa shape index (κ2) is 8.68. The van der Waals surface area contributed by atoms with E-state index in [0.717, 1.165) is 15.7 Å². The van der Waals surface area contributed by atoms with Crippen molar-refractivity contribution < 1.29 is 18.0 Å². The van der Waals surface area contributed by atoms with Crippen LogP contribution in [0.25, 0.3) is 0 Å². The summed E-state index contributed by atoms with van der Waals surface area (Å²) in [6.07, 6.45) is 0.762. The summed E-state index contributed by atoms with van der Waals surface area (Å²) >= 11 is 1.27. The maximum Gasteiger partial charge on any atom is 0.243 e. The maximum atomic E-state index is 12.6. The number of likely N-dealkylation sites (N-methyl/N-ethyl adjacent to an activating group) is 1. The van der Waals surface area contributed by atoms with Crippen molar-refractivity contribution in [1.29, 1.82) is 0 Å². The molecule has 0 saturated carbocycles. The summed E-state index contributed by atoms with van der Waals surface area (Å²) in [5, 5.41) is 11.6. The van der Waals surface area contributed by atoms with Crippen molar-refractivity contribution in [3.8, 4) is 0 Å². The van der Waals surface area contributed by atoms with Crippen LogP contribution >= 0.6 is 11.3 Å². The fourth-order valence-corrected chi connectivity index (χ4v) is 4.32. The fourth-order valence-electron chi connectivity index (χ4n) is 2.22. The molecular formula is C17H22N4O4S2. The van der Waals surface area contributed by atoms with E-state index in [-0.39, 0.29) is 17.2 Å². The number of carbonyl (C=O) groups is 2. The molecule has 0 aliphatic rings. The molecule has 0 saturated heterocycles. The number of benzene rings is 1. The van der Waals surface area contributed by atoms with Gasteiger partial charge in [0.25, 0.3) is 0 Å². The number of hydrogen-bond acceptors (Lipinski definition) is 7. The zero-order valence-corrected chi connectivity index (χ0v) is 17.2. The number of nitrogens with one attached hydrogen (secondary N) is 1. The van der Waals surface area contributed by atoms with Crippen molar-refractivity contribution >= 4 is 38.2 Å². The van der Waals surface area contributed by atoms with Crippen molar-refractivity contribution in [3.05, 3.63) is 34.8 Å². The van der Waals surface area contributed by atoms with Gasteiger partial charge in [-0.2, -0.15) is 4.31 Å². The third kappa shape index (κ3) is 5.65. The molecular weight excluding hydrogens is 388 g/mol. The van der Waals surface area contributed by atoms with Gasteiger partial charge < -0.3 is 0 Å². The van der Waals surface area contributed by atoms with Gasteiger partial charge in [-0.15, -0.1) is 10.2 Å². The van der Waals surface area contributed by atoms with Crippen LogP contribution in [-0.2, 0) is 21.2 Å². The Hall–Kier alpha value is -2.17. The van der Waals surface area contributed by atoms with Gasteiger partial charge in [-0.1, -0.05) is 37.3 Å². The first kappa shape index (κ1) is 21.1. The minimum Gasteiger partial charge on any atom is -0.299 e. The second-order valence-electron chi connectivity index (χ2n) is 6.49. The number of Topliss-reactive ketones (excluding diaryl/α,β-unsaturated/α-hetero) is 1. The highest BCUT2D eigenvalue weighted by molar-refractivity contribution is 7.89. The first-order valence-electron chi connectivity index (χ1n) is 8.29. The first-order valence-corrected chi connectivity index (χ1v) is 10.5. The van der Waals surface area contributed by atoms with Crippen LogP contribution in [0.1, 0.15) is 36.1 Å². The molecule has 1 N–H and O–H groups in total. The van der Waals surface area contributed by atoms with Gasteiger partial charge in [-0.05, 0) is 25.0 Å². The fraction of sp³-hybridized carbons (Fsp3) is 0.412. The monoisotopic (exact) mass is 410 g/mol. The van der Waals surface area contributed by atoms with Gasteiger partial charge in [0.2, 0.25) is 21.1 Å². The molecule has 0 atom stereocenters. The van der Waals surface area contributed by atoms with Crippen molar-refractivity contribution in [2.75, 3.05) is 18.9 Å². The number of nitrogens with zero attached hydrogens (tertiary/aromatic N) is 3. The molecule has 10 heteroatoms. The lowest BCUT2D eigenvalue weighted by Crippen LogP contribution is -2.35. The van der Waals surface area contributed by atoms with Gasteiger partial charge in [0.1, 0.15) is 5.01 Å². The molecule has 0 radical (unpaired) electrons. The summed E-state index contributed by atoms with van der Waals surface area (Å²) in [6, 6.07) is 5.59. The summed E-state index contributed by atoms with van der Waals surface area (Å²) in [5.74, 6) is -0.235. The average molecular weight is 411 g/mol. The normalized spacial score (nSPS) is 11.8. The Kier molecular flexibility index (Phi) is 6.79. The van der Waals surface area contributed by atoms with Crippen LogP contribution in [0.4, 0.5) is 5.13 Å². The highest BCUT2D eigenvalue weighted by Crippen LogP contribution is 2.19. The quantitative estimate of drug-likeness (QED) is 0.668. The highest BCUT2D eigenvalue weighted by atomic mass is 32.2. The van der Waals surface area contributed by atoms with Crippen LogP contribution in [0.2, 0.25) is 0 Å². The standard InChI is InChI=1S/C17H22N4O4S2/c1-11(2)9-16-19-20-17(26-16)18-15(23)10-21(4)27(24,25)14-7-5-13(6-8-14)12(3)22/h5-8,11H,9-10H2,1-4H3,(H,18,20,23). The summed E-state index contributed by atoms with van der Waals surface area (Å²) in [4.78, 5) is 23.5. The number of sulfonamides is 1. The molecule has 0 bridgehead atoms. The zero-order chi connectivity index (χ0) is 20.2. The van der Waals surface area contributed by atoms with E-state index in [4.69, 9.17) is 0 Å². The molecule has 2 aromatic rings. The van der Waals surface area contributed by atoms with E-state index in [9.17, 15) is 18.0 Å². The van der Waals surface area contributed by atoms with E-state index in [1.165, 1.54) is 49.6 Å². The van der Waals surface area contributed by atoms with E-state index in [2.05, 4.69) is 29.4 Å². The Labute approximate surface area is 162 Å². The van der Waals surface area contributed by atoms with E-state index >= 15 is 0 Å². The predicted octanol–water partition coefficient (Wildman–Crippen LogP) is 2.20. The smallest absolute Gasteiger partial charge is 0.243 e. The minimum absolute atomic E-state index is 0.0120. The van der Waals surface area contributed by atoms with Crippen molar-refractivity contribution in [1.82, 2.24) is 14.5 Å². The van der Waals surface area contributed by atoms with E-state index in [0.29, 0.717) is 16.6 Å².